The summed E-state index contributed by atoms with van der Waals surface area (Å²) in [5, 5.41) is 9.46. The first-order chi connectivity index (χ1) is 11.8. The van der Waals surface area contributed by atoms with Crippen molar-refractivity contribution in [2.75, 3.05) is 13.2 Å². The average Bonchev–Trinajstić information content (AvgIpc) is 2.51. The topological polar surface area (TPSA) is 62.6 Å². The van der Waals surface area contributed by atoms with Crippen LogP contribution in [-0.2, 0) is 9.47 Å². The number of carbonyl (C=O) groups excluding carboxylic acids is 1. The average molecular weight is 340 g/mol. The molecule has 0 spiro atoms. The zero-order valence-electron chi connectivity index (χ0n) is 15.2. The summed E-state index contributed by atoms with van der Waals surface area (Å²) in [5.74, 6) is 0. The Bertz CT molecular complexity index is 755. The number of aryl methyl sites for hydroxylation is 1. The molecule has 2 unspecified atom stereocenters. The third kappa shape index (κ3) is 3.69. The molecule has 3 rings (SSSR count). The van der Waals surface area contributed by atoms with Gasteiger partial charge in [0, 0.05) is 0 Å². The molecule has 0 aromatic heterocycles. The van der Waals surface area contributed by atoms with Gasteiger partial charge >= 0.3 is 6.09 Å². The van der Waals surface area contributed by atoms with Crippen LogP contribution in [0.3, 0.4) is 0 Å². The summed E-state index contributed by atoms with van der Waals surface area (Å²) < 4.78 is 11.2. The van der Waals surface area contributed by atoms with Gasteiger partial charge in [-0.05, 0) is 56.9 Å². The van der Waals surface area contributed by atoms with E-state index in [1.54, 1.807) is 4.90 Å². The Morgan fingerprint density at radius 1 is 1.36 bits per heavy atom. The van der Waals surface area contributed by atoms with Crippen molar-refractivity contribution in [1.82, 2.24) is 4.90 Å². The Hall–Kier alpha value is -2.32. The second kappa shape index (κ2) is 6.53. The van der Waals surface area contributed by atoms with E-state index in [1.165, 1.54) is 0 Å². The van der Waals surface area contributed by atoms with Crippen molar-refractivity contribution in [3.8, 4) is 6.07 Å². The van der Waals surface area contributed by atoms with Crippen LogP contribution in [0.1, 0.15) is 43.9 Å². The van der Waals surface area contributed by atoms with E-state index in [1.807, 2.05) is 52.0 Å². The lowest BCUT2D eigenvalue weighted by molar-refractivity contribution is -0.0510. The number of nitriles is 1. The van der Waals surface area contributed by atoms with Crippen molar-refractivity contribution in [1.29, 1.82) is 5.26 Å². The summed E-state index contributed by atoms with van der Waals surface area (Å²) in [7, 11) is 0. The molecule has 2 bridgehead atoms. The van der Waals surface area contributed by atoms with Gasteiger partial charge in [-0.15, -0.1) is 0 Å². The summed E-state index contributed by atoms with van der Waals surface area (Å²) in [4.78, 5) is 14.4. The second-order valence-electron chi connectivity index (χ2n) is 7.70. The molecule has 1 aromatic rings. The summed E-state index contributed by atoms with van der Waals surface area (Å²) in [6, 6.07) is 7.98. The first-order valence-electron chi connectivity index (χ1n) is 8.59. The maximum absolute atomic E-state index is 12.6. The lowest BCUT2D eigenvalue weighted by Crippen LogP contribution is -2.57. The first-order valence-corrected chi connectivity index (χ1v) is 8.59. The van der Waals surface area contributed by atoms with Gasteiger partial charge in [0.05, 0.1) is 36.9 Å². The number of hydrogen-bond donors (Lipinski definition) is 0. The van der Waals surface area contributed by atoms with Crippen LogP contribution in [0.2, 0.25) is 0 Å². The molecule has 1 saturated heterocycles. The van der Waals surface area contributed by atoms with Crippen LogP contribution < -0.4 is 0 Å². The van der Waals surface area contributed by atoms with Crippen LogP contribution in [0.25, 0.3) is 5.57 Å². The van der Waals surface area contributed by atoms with Gasteiger partial charge in [-0.2, -0.15) is 5.26 Å². The minimum absolute atomic E-state index is 0.0681. The minimum atomic E-state index is -0.527. The van der Waals surface area contributed by atoms with Crippen LogP contribution in [0.5, 0.6) is 0 Å². The van der Waals surface area contributed by atoms with Crippen molar-refractivity contribution >= 4 is 11.7 Å². The van der Waals surface area contributed by atoms with Crippen molar-refractivity contribution in [2.24, 2.45) is 0 Å². The smallest absolute Gasteiger partial charge is 0.411 e. The molecule has 2 aliphatic rings. The van der Waals surface area contributed by atoms with Crippen molar-refractivity contribution in [3.05, 3.63) is 41.0 Å². The molecule has 5 heteroatoms. The van der Waals surface area contributed by atoms with E-state index in [9.17, 15) is 10.1 Å². The molecule has 2 aliphatic heterocycles. The molecule has 0 aliphatic carbocycles. The van der Waals surface area contributed by atoms with Crippen molar-refractivity contribution in [3.63, 3.8) is 0 Å². The highest BCUT2D eigenvalue weighted by molar-refractivity contribution is 5.77. The fraction of sp³-hybridized carbons (Fsp3) is 0.500. The van der Waals surface area contributed by atoms with Gasteiger partial charge < -0.3 is 9.47 Å². The number of hydrogen-bond acceptors (Lipinski definition) is 4. The third-order valence-corrected chi connectivity index (χ3v) is 4.44. The summed E-state index contributed by atoms with van der Waals surface area (Å²) >= 11 is 0. The largest absolute Gasteiger partial charge is 0.444 e. The Balaban J connectivity index is 1.92. The van der Waals surface area contributed by atoms with Gasteiger partial charge in [-0.1, -0.05) is 18.2 Å². The molecule has 132 valence electrons. The number of amides is 1. The standard InChI is InChI=1S/C20H24N2O3/c1-13-5-6-18(15(7-13)10-21)14-8-16-11-24-12-17(9-14)22(16)19(23)25-20(2,3)4/h5-8,16-17H,9,11-12H2,1-4H3. The Kier molecular flexibility index (Phi) is 4.57. The number of benzene rings is 1. The van der Waals surface area contributed by atoms with E-state index in [4.69, 9.17) is 9.47 Å². The van der Waals surface area contributed by atoms with Crippen LogP contribution in [0.4, 0.5) is 4.79 Å². The van der Waals surface area contributed by atoms with E-state index >= 15 is 0 Å². The third-order valence-electron chi connectivity index (χ3n) is 4.44. The molecule has 0 radical (unpaired) electrons. The monoisotopic (exact) mass is 340 g/mol. The zero-order valence-corrected chi connectivity index (χ0v) is 15.2. The quantitative estimate of drug-likeness (QED) is 0.783. The normalized spacial score (nSPS) is 22.8. The van der Waals surface area contributed by atoms with Crippen LogP contribution >= 0.6 is 0 Å². The molecular weight excluding hydrogens is 316 g/mol. The predicted octanol–water partition coefficient (Wildman–Crippen LogP) is 3.66. The van der Waals surface area contributed by atoms with Gasteiger partial charge in [0.15, 0.2) is 0 Å². The summed E-state index contributed by atoms with van der Waals surface area (Å²) in [6.45, 7) is 8.52. The highest BCUT2D eigenvalue weighted by Crippen LogP contribution is 2.35. The molecular formula is C20H24N2O3. The highest BCUT2D eigenvalue weighted by Gasteiger charge is 2.40. The van der Waals surface area contributed by atoms with E-state index in [0.717, 1.165) is 16.7 Å². The maximum Gasteiger partial charge on any atom is 0.411 e. The van der Waals surface area contributed by atoms with Crippen LogP contribution in [0, 0.1) is 18.3 Å². The van der Waals surface area contributed by atoms with Crippen LogP contribution in [0.15, 0.2) is 24.3 Å². The maximum atomic E-state index is 12.6. The molecule has 25 heavy (non-hydrogen) atoms. The molecule has 1 fully saturated rings. The number of ether oxygens (including phenoxy) is 2. The number of fused-ring (bicyclic) bond motifs is 2. The zero-order chi connectivity index (χ0) is 18.2. The lowest BCUT2D eigenvalue weighted by Gasteiger charge is -2.44. The van der Waals surface area contributed by atoms with Gasteiger partial charge in [0.1, 0.15) is 5.60 Å². The Labute approximate surface area is 148 Å². The van der Waals surface area contributed by atoms with E-state index in [0.29, 0.717) is 25.2 Å². The fourth-order valence-electron chi connectivity index (χ4n) is 3.43. The molecule has 1 aromatic carbocycles. The molecule has 0 saturated carbocycles. The molecule has 2 atom stereocenters. The number of carbonyl (C=O) groups is 1. The van der Waals surface area contributed by atoms with E-state index < -0.39 is 5.60 Å². The fourth-order valence-corrected chi connectivity index (χ4v) is 3.43. The molecule has 1 amide bonds. The lowest BCUT2D eigenvalue weighted by atomic mass is 9.87. The minimum Gasteiger partial charge on any atom is -0.444 e. The summed E-state index contributed by atoms with van der Waals surface area (Å²) in [5.41, 5.74) is 3.27. The Morgan fingerprint density at radius 2 is 2.12 bits per heavy atom. The molecule has 5 nitrogen and oxygen atoms in total. The van der Waals surface area contributed by atoms with Gasteiger partial charge in [-0.25, -0.2) is 4.79 Å². The number of nitrogens with zero attached hydrogens (tertiary/aromatic N) is 2. The number of rotatable bonds is 1. The van der Waals surface area contributed by atoms with Gasteiger partial charge in [0.25, 0.3) is 0 Å². The SMILES string of the molecule is Cc1ccc(C2=CC3COCC(C2)N3C(=O)OC(C)(C)C)c(C#N)c1. The van der Waals surface area contributed by atoms with E-state index in [-0.39, 0.29) is 18.2 Å². The second-order valence-corrected chi connectivity index (χ2v) is 7.70. The first kappa shape index (κ1) is 17.5. The Morgan fingerprint density at radius 3 is 2.76 bits per heavy atom. The molecule has 2 heterocycles. The van der Waals surface area contributed by atoms with Crippen molar-refractivity contribution in [2.45, 2.75) is 51.8 Å². The van der Waals surface area contributed by atoms with Crippen molar-refractivity contribution < 1.29 is 14.3 Å². The van der Waals surface area contributed by atoms with Crippen LogP contribution in [-0.4, -0.2) is 41.9 Å². The van der Waals surface area contributed by atoms with E-state index in [2.05, 4.69) is 6.07 Å². The number of morpholine rings is 1. The predicted molar refractivity (Wildman–Crippen MR) is 95.0 cm³/mol. The summed E-state index contributed by atoms with van der Waals surface area (Å²) in [6.07, 6.45) is 2.41. The van der Waals surface area contributed by atoms with Gasteiger partial charge in [-0.3, -0.25) is 4.90 Å². The highest BCUT2D eigenvalue weighted by atomic mass is 16.6. The molecule has 0 N–H and O–H groups in total. The van der Waals surface area contributed by atoms with Gasteiger partial charge in [0.2, 0.25) is 0 Å².